The number of amides is 2. The second-order valence-corrected chi connectivity index (χ2v) is 5.90. The first-order valence-electron chi connectivity index (χ1n) is 7.91. The number of piperazine rings is 1. The Labute approximate surface area is 149 Å². The SMILES string of the molecule is CNCC(=O)N1CCN(C(=O)COc2cc(C)cc(C)c2)CC1.Cl. The van der Waals surface area contributed by atoms with Gasteiger partial charge in [0.15, 0.2) is 6.61 Å². The fourth-order valence-electron chi connectivity index (χ4n) is 2.72. The zero-order valence-corrected chi connectivity index (χ0v) is 15.3. The molecule has 0 aromatic heterocycles. The molecular weight excluding hydrogens is 330 g/mol. The van der Waals surface area contributed by atoms with Crippen molar-refractivity contribution in [2.24, 2.45) is 0 Å². The van der Waals surface area contributed by atoms with Crippen LogP contribution in [0, 0.1) is 13.8 Å². The fraction of sp³-hybridized carbons (Fsp3) is 0.529. The van der Waals surface area contributed by atoms with Gasteiger partial charge in [0.2, 0.25) is 5.91 Å². The Balaban J connectivity index is 0.00000288. The summed E-state index contributed by atoms with van der Waals surface area (Å²) in [6, 6.07) is 5.92. The summed E-state index contributed by atoms with van der Waals surface area (Å²) in [5.41, 5.74) is 2.23. The highest BCUT2D eigenvalue weighted by atomic mass is 35.5. The third kappa shape index (κ3) is 5.69. The molecule has 2 amide bonds. The molecule has 1 heterocycles. The summed E-state index contributed by atoms with van der Waals surface area (Å²) < 4.78 is 5.61. The Hall–Kier alpha value is -1.79. The highest BCUT2D eigenvalue weighted by Gasteiger charge is 2.23. The number of aryl methyl sites for hydroxylation is 2. The van der Waals surface area contributed by atoms with Crippen LogP contribution in [0.3, 0.4) is 0 Å². The summed E-state index contributed by atoms with van der Waals surface area (Å²) >= 11 is 0. The highest BCUT2D eigenvalue weighted by molar-refractivity contribution is 5.85. The molecule has 0 unspecified atom stereocenters. The number of benzene rings is 1. The Bertz CT molecular complexity index is 552. The van der Waals surface area contributed by atoms with E-state index in [1.807, 2.05) is 26.0 Å². The number of hydrogen-bond acceptors (Lipinski definition) is 4. The van der Waals surface area contributed by atoms with E-state index in [2.05, 4.69) is 11.4 Å². The molecule has 134 valence electrons. The van der Waals surface area contributed by atoms with E-state index in [1.165, 1.54) is 0 Å². The van der Waals surface area contributed by atoms with Crippen molar-refractivity contribution in [1.82, 2.24) is 15.1 Å². The molecule has 0 radical (unpaired) electrons. The van der Waals surface area contributed by atoms with Gasteiger partial charge in [-0.2, -0.15) is 0 Å². The molecule has 1 fully saturated rings. The van der Waals surface area contributed by atoms with Gasteiger partial charge in [-0.15, -0.1) is 12.4 Å². The number of rotatable bonds is 5. The molecule has 24 heavy (non-hydrogen) atoms. The molecule has 0 saturated carbocycles. The summed E-state index contributed by atoms with van der Waals surface area (Å²) in [7, 11) is 1.75. The number of carbonyl (C=O) groups is 2. The second kappa shape index (κ2) is 9.49. The Morgan fingerprint density at radius 3 is 2.00 bits per heavy atom. The average Bonchev–Trinajstić information content (AvgIpc) is 2.52. The van der Waals surface area contributed by atoms with E-state index in [0.29, 0.717) is 32.7 Å². The van der Waals surface area contributed by atoms with Gasteiger partial charge in [-0.3, -0.25) is 9.59 Å². The lowest BCUT2D eigenvalue weighted by Crippen LogP contribution is -2.53. The maximum absolute atomic E-state index is 12.2. The lowest BCUT2D eigenvalue weighted by molar-refractivity contribution is -0.140. The minimum absolute atomic E-state index is 0. The summed E-state index contributed by atoms with van der Waals surface area (Å²) in [6.45, 7) is 6.66. The highest BCUT2D eigenvalue weighted by Crippen LogP contribution is 2.16. The van der Waals surface area contributed by atoms with Gasteiger partial charge in [-0.25, -0.2) is 0 Å². The van der Waals surface area contributed by atoms with Gasteiger partial charge >= 0.3 is 0 Å². The summed E-state index contributed by atoms with van der Waals surface area (Å²) in [5, 5.41) is 2.85. The number of hydrogen-bond donors (Lipinski definition) is 1. The third-order valence-corrected chi connectivity index (χ3v) is 3.87. The standard InChI is InChI=1S/C17H25N3O3.ClH/c1-13-8-14(2)10-15(9-13)23-12-17(22)20-6-4-19(5-7-20)16(21)11-18-3;/h8-10,18H,4-7,11-12H2,1-3H3;1H. The van der Waals surface area contributed by atoms with Crippen LogP contribution in [0.4, 0.5) is 0 Å². The monoisotopic (exact) mass is 355 g/mol. The van der Waals surface area contributed by atoms with Crippen molar-refractivity contribution >= 4 is 24.2 Å². The van der Waals surface area contributed by atoms with Crippen LogP contribution in [0.1, 0.15) is 11.1 Å². The van der Waals surface area contributed by atoms with E-state index in [4.69, 9.17) is 4.74 Å². The van der Waals surface area contributed by atoms with Gasteiger partial charge in [-0.05, 0) is 44.2 Å². The second-order valence-electron chi connectivity index (χ2n) is 5.90. The molecule has 1 aromatic carbocycles. The predicted octanol–water partition coefficient (Wildman–Crippen LogP) is 0.994. The molecule has 2 rings (SSSR count). The molecule has 0 spiro atoms. The maximum atomic E-state index is 12.2. The van der Waals surface area contributed by atoms with Crippen LogP contribution in [0.2, 0.25) is 0 Å². The lowest BCUT2D eigenvalue weighted by Gasteiger charge is -2.34. The van der Waals surface area contributed by atoms with Gasteiger partial charge in [0, 0.05) is 26.2 Å². The molecule has 6 nitrogen and oxygen atoms in total. The first kappa shape index (κ1) is 20.3. The first-order chi connectivity index (χ1) is 11.0. The minimum Gasteiger partial charge on any atom is -0.484 e. The molecule has 0 atom stereocenters. The van der Waals surface area contributed by atoms with Gasteiger partial charge < -0.3 is 19.9 Å². The van der Waals surface area contributed by atoms with Gasteiger partial charge in [0.1, 0.15) is 5.75 Å². The van der Waals surface area contributed by atoms with Gasteiger partial charge in [0.05, 0.1) is 6.54 Å². The first-order valence-corrected chi connectivity index (χ1v) is 7.91. The Morgan fingerprint density at radius 1 is 1.00 bits per heavy atom. The molecule has 1 aromatic rings. The molecule has 1 N–H and O–H groups in total. The topological polar surface area (TPSA) is 61.9 Å². The van der Waals surface area contributed by atoms with E-state index < -0.39 is 0 Å². The van der Waals surface area contributed by atoms with Gasteiger partial charge in [-0.1, -0.05) is 6.07 Å². The zero-order valence-electron chi connectivity index (χ0n) is 14.5. The van der Waals surface area contributed by atoms with E-state index >= 15 is 0 Å². The van der Waals surface area contributed by atoms with Crippen molar-refractivity contribution in [3.63, 3.8) is 0 Å². The van der Waals surface area contributed by atoms with E-state index in [9.17, 15) is 9.59 Å². The molecular formula is C17H26ClN3O3. The number of ether oxygens (including phenoxy) is 1. The third-order valence-electron chi connectivity index (χ3n) is 3.87. The van der Waals surface area contributed by atoms with E-state index in [-0.39, 0.29) is 30.8 Å². The van der Waals surface area contributed by atoms with E-state index in [0.717, 1.165) is 16.9 Å². The summed E-state index contributed by atoms with van der Waals surface area (Å²) in [6.07, 6.45) is 0. The van der Waals surface area contributed by atoms with Crippen LogP contribution in [0.25, 0.3) is 0 Å². The molecule has 1 aliphatic rings. The summed E-state index contributed by atoms with van der Waals surface area (Å²) in [4.78, 5) is 27.6. The Morgan fingerprint density at radius 2 is 1.50 bits per heavy atom. The molecule has 0 bridgehead atoms. The molecule has 1 aliphatic heterocycles. The van der Waals surface area contributed by atoms with Crippen LogP contribution in [0.15, 0.2) is 18.2 Å². The average molecular weight is 356 g/mol. The van der Waals surface area contributed by atoms with Crippen molar-refractivity contribution < 1.29 is 14.3 Å². The minimum atomic E-state index is -0.0372. The van der Waals surface area contributed by atoms with Crippen molar-refractivity contribution in [2.45, 2.75) is 13.8 Å². The normalized spacial score (nSPS) is 14.1. The number of likely N-dealkylation sites (N-methyl/N-ethyl adjacent to an activating group) is 1. The van der Waals surface area contributed by atoms with Crippen LogP contribution in [-0.2, 0) is 9.59 Å². The fourth-order valence-corrected chi connectivity index (χ4v) is 2.72. The number of nitrogens with zero attached hydrogens (tertiary/aromatic N) is 2. The van der Waals surface area contributed by atoms with Crippen LogP contribution < -0.4 is 10.1 Å². The zero-order chi connectivity index (χ0) is 16.8. The number of carbonyl (C=O) groups excluding carboxylic acids is 2. The maximum Gasteiger partial charge on any atom is 0.260 e. The molecule has 7 heteroatoms. The predicted molar refractivity (Wildman–Crippen MR) is 95.7 cm³/mol. The van der Waals surface area contributed by atoms with Gasteiger partial charge in [0.25, 0.3) is 5.91 Å². The smallest absolute Gasteiger partial charge is 0.260 e. The quantitative estimate of drug-likeness (QED) is 0.855. The number of nitrogens with one attached hydrogen (secondary N) is 1. The Kier molecular flexibility index (Phi) is 8.01. The molecule has 1 saturated heterocycles. The molecule has 0 aliphatic carbocycles. The van der Waals surface area contributed by atoms with Crippen molar-refractivity contribution in [2.75, 3.05) is 46.4 Å². The van der Waals surface area contributed by atoms with Crippen LogP contribution >= 0.6 is 12.4 Å². The summed E-state index contributed by atoms with van der Waals surface area (Å²) in [5.74, 6) is 0.759. The van der Waals surface area contributed by atoms with Crippen LogP contribution in [0.5, 0.6) is 5.75 Å². The lowest BCUT2D eigenvalue weighted by atomic mass is 10.1. The number of halogens is 1. The van der Waals surface area contributed by atoms with Crippen molar-refractivity contribution in [1.29, 1.82) is 0 Å². The van der Waals surface area contributed by atoms with E-state index in [1.54, 1.807) is 16.8 Å². The van der Waals surface area contributed by atoms with Crippen molar-refractivity contribution in [3.8, 4) is 5.75 Å². The van der Waals surface area contributed by atoms with Crippen molar-refractivity contribution in [3.05, 3.63) is 29.3 Å². The van der Waals surface area contributed by atoms with Crippen LogP contribution in [-0.4, -0.2) is 68.0 Å². The largest absolute Gasteiger partial charge is 0.484 e.